The number of halogens is 1. The van der Waals surface area contributed by atoms with Crippen molar-refractivity contribution in [1.82, 2.24) is 9.71 Å². The molecule has 1 aromatic rings. The Morgan fingerprint density at radius 2 is 2.24 bits per heavy atom. The van der Waals surface area contributed by atoms with Crippen LogP contribution in [0, 0.1) is 17.2 Å². The number of hydrogen-bond acceptors (Lipinski definition) is 4. The molecular weight excluding hydrogens is 306 g/mol. The van der Waals surface area contributed by atoms with Crippen molar-refractivity contribution in [3.63, 3.8) is 0 Å². The lowest BCUT2D eigenvalue weighted by Crippen LogP contribution is -2.35. The number of nitriles is 1. The molecule has 1 saturated carbocycles. The van der Waals surface area contributed by atoms with Gasteiger partial charge < -0.3 is 0 Å². The van der Waals surface area contributed by atoms with Crippen LogP contribution in [0.2, 0.25) is 0 Å². The van der Waals surface area contributed by atoms with Gasteiger partial charge in [-0.15, -0.1) is 0 Å². The molecule has 1 aliphatic carbocycles. The lowest BCUT2D eigenvalue weighted by atomic mass is 10.2. The molecule has 0 saturated heterocycles. The maximum Gasteiger partial charge on any atom is 0.243 e. The molecule has 0 bridgehead atoms. The van der Waals surface area contributed by atoms with E-state index in [0.29, 0.717) is 4.47 Å². The molecule has 0 aliphatic heterocycles. The van der Waals surface area contributed by atoms with E-state index >= 15 is 0 Å². The largest absolute Gasteiger partial charge is 0.262 e. The van der Waals surface area contributed by atoms with E-state index in [9.17, 15) is 8.42 Å². The molecule has 17 heavy (non-hydrogen) atoms. The van der Waals surface area contributed by atoms with E-state index in [1.165, 1.54) is 18.5 Å². The second kappa shape index (κ2) is 4.72. The monoisotopic (exact) mass is 315 g/mol. The Balaban J connectivity index is 2.21. The summed E-state index contributed by atoms with van der Waals surface area (Å²) in [4.78, 5) is 3.86. The van der Waals surface area contributed by atoms with Crippen molar-refractivity contribution in [1.29, 1.82) is 5.26 Å². The van der Waals surface area contributed by atoms with E-state index in [-0.39, 0.29) is 10.8 Å². The van der Waals surface area contributed by atoms with Crippen LogP contribution < -0.4 is 4.72 Å². The molecule has 1 N–H and O–H groups in total. The average Bonchev–Trinajstić information content (AvgIpc) is 3.10. The maximum atomic E-state index is 12.0. The van der Waals surface area contributed by atoms with Crippen molar-refractivity contribution in [3.05, 3.63) is 22.9 Å². The zero-order valence-corrected chi connectivity index (χ0v) is 11.2. The van der Waals surface area contributed by atoms with Crippen LogP contribution in [-0.4, -0.2) is 19.4 Å². The van der Waals surface area contributed by atoms with Crippen LogP contribution in [0.4, 0.5) is 0 Å². The van der Waals surface area contributed by atoms with E-state index in [0.717, 1.165) is 12.8 Å². The lowest BCUT2D eigenvalue weighted by Gasteiger charge is -2.10. The summed E-state index contributed by atoms with van der Waals surface area (Å²) in [6.45, 7) is 0. The molecule has 7 heteroatoms. The van der Waals surface area contributed by atoms with Crippen LogP contribution in [0.25, 0.3) is 0 Å². The number of rotatable bonds is 4. The fourth-order valence-corrected chi connectivity index (χ4v) is 3.15. The molecule has 0 spiro atoms. The minimum Gasteiger partial charge on any atom is -0.262 e. The zero-order valence-electron chi connectivity index (χ0n) is 8.80. The third kappa shape index (κ3) is 3.03. The van der Waals surface area contributed by atoms with E-state index < -0.39 is 16.1 Å². The highest BCUT2D eigenvalue weighted by Crippen LogP contribution is 2.33. The van der Waals surface area contributed by atoms with Crippen LogP contribution in [0.1, 0.15) is 12.8 Å². The predicted molar refractivity (Wildman–Crippen MR) is 64.4 cm³/mol. The Bertz CT molecular complexity index is 563. The molecule has 1 heterocycles. The number of hydrogen-bond donors (Lipinski definition) is 1. The third-order valence-corrected chi connectivity index (χ3v) is 4.35. The molecule has 2 rings (SSSR count). The highest BCUT2D eigenvalue weighted by Gasteiger charge is 2.34. The molecule has 5 nitrogen and oxygen atoms in total. The summed E-state index contributed by atoms with van der Waals surface area (Å²) in [6, 6.07) is 2.80. The molecule has 1 aliphatic rings. The highest BCUT2D eigenvalue weighted by molar-refractivity contribution is 9.10. The minimum absolute atomic E-state index is 0.0628. The van der Waals surface area contributed by atoms with Crippen molar-refractivity contribution in [3.8, 4) is 6.07 Å². The van der Waals surface area contributed by atoms with Gasteiger partial charge in [0.15, 0.2) is 0 Å². The Kier molecular flexibility index (Phi) is 3.47. The molecule has 1 unspecified atom stereocenters. The van der Waals surface area contributed by atoms with E-state index in [4.69, 9.17) is 5.26 Å². The van der Waals surface area contributed by atoms with Gasteiger partial charge in [-0.05, 0) is 40.8 Å². The maximum absolute atomic E-state index is 12.0. The number of aromatic nitrogens is 1. The van der Waals surface area contributed by atoms with Crippen molar-refractivity contribution in [2.45, 2.75) is 23.8 Å². The van der Waals surface area contributed by atoms with Gasteiger partial charge in [0.05, 0.1) is 6.07 Å². The van der Waals surface area contributed by atoms with Crippen molar-refractivity contribution >= 4 is 26.0 Å². The molecule has 0 radical (unpaired) electrons. The van der Waals surface area contributed by atoms with Gasteiger partial charge in [0.1, 0.15) is 10.9 Å². The summed E-state index contributed by atoms with van der Waals surface area (Å²) >= 11 is 3.16. The van der Waals surface area contributed by atoms with E-state index in [1.54, 1.807) is 0 Å². The summed E-state index contributed by atoms with van der Waals surface area (Å²) in [5.74, 6) is 0.148. The Labute approximate surface area is 108 Å². The van der Waals surface area contributed by atoms with E-state index in [1.807, 2.05) is 6.07 Å². The smallest absolute Gasteiger partial charge is 0.243 e. The number of nitrogens with one attached hydrogen (secondary N) is 1. The van der Waals surface area contributed by atoms with Gasteiger partial charge in [0.2, 0.25) is 10.0 Å². The standard InChI is InChI=1S/C10H10BrN3O2S/c11-8-3-9(6-13-5-8)17(15,16)14-10(4-12)7-1-2-7/h3,5-7,10,14H,1-2H2. The average molecular weight is 316 g/mol. The summed E-state index contributed by atoms with van der Waals surface area (Å²) in [7, 11) is -3.66. The first-order valence-corrected chi connectivity index (χ1v) is 7.33. The number of nitrogens with zero attached hydrogens (tertiary/aromatic N) is 2. The molecule has 1 atom stereocenters. The van der Waals surface area contributed by atoms with Gasteiger partial charge in [-0.3, -0.25) is 4.98 Å². The topological polar surface area (TPSA) is 82.9 Å². The number of pyridine rings is 1. The van der Waals surface area contributed by atoms with Gasteiger partial charge in [0.25, 0.3) is 0 Å². The second-order valence-corrected chi connectivity index (χ2v) is 6.53. The first kappa shape index (κ1) is 12.5. The number of sulfonamides is 1. The summed E-state index contributed by atoms with van der Waals surface area (Å²) in [6.07, 6.45) is 4.56. The van der Waals surface area contributed by atoms with Gasteiger partial charge in [-0.1, -0.05) is 0 Å². The van der Waals surface area contributed by atoms with Crippen LogP contribution in [0.15, 0.2) is 27.8 Å². The van der Waals surface area contributed by atoms with Crippen molar-refractivity contribution in [2.75, 3.05) is 0 Å². The third-order valence-electron chi connectivity index (χ3n) is 2.50. The van der Waals surface area contributed by atoms with Crippen LogP contribution in [0.3, 0.4) is 0 Å². The SMILES string of the molecule is N#CC(NS(=O)(=O)c1cncc(Br)c1)C1CC1. The summed E-state index contributed by atoms with van der Waals surface area (Å²) in [5, 5.41) is 8.90. The Morgan fingerprint density at radius 3 is 2.76 bits per heavy atom. The molecule has 1 aromatic heterocycles. The Hall–Kier alpha value is -0.970. The molecule has 0 aromatic carbocycles. The summed E-state index contributed by atoms with van der Waals surface area (Å²) in [5.41, 5.74) is 0. The first-order chi connectivity index (χ1) is 8.03. The van der Waals surface area contributed by atoms with E-state index in [2.05, 4.69) is 25.6 Å². The van der Waals surface area contributed by atoms with Gasteiger partial charge in [-0.2, -0.15) is 9.98 Å². The first-order valence-electron chi connectivity index (χ1n) is 5.05. The van der Waals surface area contributed by atoms with Gasteiger partial charge >= 0.3 is 0 Å². The fraction of sp³-hybridized carbons (Fsp3) is 0.400. The second-order valence-electron chi connectivity index (χ2n) is 3.90. The van der Waals surface area contributed by atoms with Crippen LogP contribution in [-0.2, 0) is 10.0 Å². The van der Waals surface area contributed by atoms with Gasteiger partial charge in [0, 0.05) is 16.9 Å². The predicted octanol–water partition coefficient (Wildman–Crippen LogP) is 1.42. The van der Waals surface area contributed by atoms with Crippen LogP contribution in [0.5, 0.6) is 0 Å². The Morgan fingerprint density at radius 1 is 1.53 bits per heavy atom. The molecule has 1 fully saturated rings. The quantitative estimate of drug-likeness (QED) is 0.911. The highest BCUT2D eigenvalue weighted by atomic mass is 79.9. The molecule has 90 valence electrons. The van der Waals surface area contributed by atoms with Crippen LogP contribution >= 0.6 is 15.9 Å². The normalized spacial score (nSPS) is 17.4. The molecule has 0 amide bonds. The molecular formula is C10H10BrN3O2S. The van der Waals surface area contributed by atoms with Crippen molar-refractivity contribution in [2.24, 2.45) is 5.92 Å². The fourth-order valence-electron chi connectivity index (χ4n) is 1.43. The zero-order chi connectivity index (χ0) is 12.5. The lowest BCUT2D eigenvalue weighted by molar-refractivity contribution is 0.559. The van der Waals surface area contributed by atoms with Crippen molar-refractivity contribution < 1.29 is 8.42 Å². The van der Waals surface area contributed by atoms with Gasteiger partial charge in [-0.25, -0.2) is 8.42 Å². The minimum atomic E-state index is -3.66. The summed E-state index contributed by atoms with van der Waals surface area (Å²) < 4.78 is 26.9.